The van der Waals surface area contributed by atoms with Crippen molar-refractivity contribution >= 4 is 34.1 Å². The second-order valence-electron chi connectivity index (χ2n) is 6.62. The van der Waals surface area contributed by atoms with Crippen molar-refractivity contribution in [1.82, 2.24) is 9.13 Å². The average Bonchev–Trinajstić information content (AvgIpc) is 2.70. The van der Waals surface area contributed by atoms with Gasteiger partial charge in [-0.05, 0) is 23.8 Å². The Labute approximate surface area is 175 Å². The molecule has 0 fully saturated rings. The fourth-order valence-electron chi connectivity index (χ4n) is 3.31. The Hall–Kier alpha value is -2.89. The van der Waals surface area contributed by atoms with Crippen LogP contribution < -0.4 is 11.2 Å². The molecule has 3 aromatic carbocycles. The summed E-state index contributed by atoms with van der Waals surface area (Å²) in [4.78, 5) is 26.4. The zero-order valence-electron chi connectivity index (χ0n) is 15.1. The number of fused-ring (bicyclic) bond motifs is 1. The Balaban J connectivity index is 2.01. The van der Waals surface area contributed by atoms with E-state index < -0.39 is 17.1 Å². The van der Waals surface area contributed by atoms with Crippen molar-refractivity contribution in [3.63, 3.8) is 0 Å². The second-order valence-corrected chi connectivity index (χ2v) is 7.46. The summed E-state index contributed by atoms with van der Waals surface area (Å²) in [6, 6.07) is 18.4. The van der Waals surface area contributed by atoms with E-state index in [0.717, 1.165) is 10.1 Å². The van der Waals surface area contributed by atoms with Crippen LogP contribution in [0.5, 0.6) is 0 Å². The van der Waals surface area contributed by atoms with Gasteiger partial charge in [0.25, 0.3) is 5.56 Å². The van der Waals surface area contributed by atoms with E-state index >= 15 is 0 Å². The number of hydrogen-bond donors (Lipinski definition) is 0. The van der Waals surface area contributed by atoms with E-state index in [4.69, 9.17) is 23.2 Å². The molecule has 29 heavy (non-hydrogen) atoms. The van der Waals surface area contributed by atoms with E-state index in [1.165, 1.54) is 22.8 Å². The van der Waals surface area contributed by atoms with E-state index in [1.807, 2.05) is 30.3 Å². The van der Waals surface area contributed by atoms with Gasteiger partial charge in [-0.15, -0.1) is 0 Å². The van der Waals surface area contributed by atoms with Crippen LogP contribution in [0.25, 0.3) is 10.9 Å². The molecule has 0 N–H and O–H groups in total. The summed E-state index contributed by atoms with van der Waals surface area (Å²) in [5.41, 5.74) is 0.295. The summed E-state index contributed by atoms with van der Waals surface area (Å²) in [6.07, 6.45) is 0. The van der Waals surface area contributed by atoms with Gasteiger partial charge in [-0.25, -0.2) is 9.18 Å². The van der Waals surface area contributed by atoms with Crippen molar-refractivity contribution < 1.29 is 4.39 Å². The van der Waals surface area contributed by atoms with Gasteiger partial charge < -0.3 is 0 Å². The molecule has 7 heteroatoms. The molecule has 0 aliphatic carbocycles. The largest absolute Gasteiger partial charge is 0.332 e. The minimum atomic E-state index is -0.584. The van der Waals surface area contributed by atoms with Crippen LogP contribution in [0.2, 0.25) is 10.0 Å². The van der Waals surface area contributed by atoms with E-state index in [2.05, 4.69) is 0 Å². The second kappa shape index (κ2) is 7.85. The van der Waals surface area contributed by atoms with Crippen LogP contribution in [-0.4, -0.2) is 9.13 Å². The van der Waals surface area contributed by atoms with Crippen molar-refractivity contribution in [3.05, 3.63) is 115 Å². The molecule has 0 saturated heterocycles. The van der Waals surface area contributed by atoms with Crippen molar-refractivity contribution in [1.29, 1.82) is 0 Å². The van der Waals surface area contributed by atoms with Crippen LogP contribution in [0, 0.1) is 5.82 Å². The highest BCUT2D eigenvalue weighted by Gasteiger charge is 2.18. The normalized spacial score (nSPS) is 11.1. The molecule has 4 aromatic rings. The summed E-state index contributed by atoms with van der Waals surface area (Å²) >= 11 is 12.4. The maximum Gasteiger partial charge on any atom is 0.332 e. The van der Waals surface area contributed by atoms with Gasteiger partial charge in [0, 0.05) is 10.6 Å². The zero-order valence-corrected chi connectivity index (χ0v) is 16.6. The molecular formula is C22H15Cl2FN2O2. The van der Waals surface area contributed by atoms with Gasteiger partial charge in [-0.1, -0.05) is 71.7 Å². The lowest BCUT2D eigenvalue weighted by Crippen LogP contribution is -2.40. The number of rotatable bonds is 4. The van der Waals surface area contributed by atoms with E-state index in [0.29, 0.717) is 10.5 Å². The first-order valence-corrected chi connectivity index (χ1v) is 9.61. The molecule has 0 saturated carbocycles. The highest BCUT2D eigenvalue weighted by Crippen LogP contribution is 2.25. The predicted molar refractivity (Wildman–Crippen MR) is 114 cm³/mol. The number of hydrogen-bond acceptors (Lipinski definition) is 2. The molecule has 1 heterocycles. The van der Waals surface area contributed by atoms with Gasteiger partial charge in [-0.2, -0.15) is 0 Å². The number of nitrogens with zero attached hydrogens (tertiary/aromatic N) is 2. The SMILES string of the molecule is O=c1c2c(Cl)cc(Cl)cc2n(Cc2ccccc2)c(=O)n1Cc1ccccc1F. The van der Waals surface area contributed by atoms with Crippen molar-refractivity contribution in [3.8, 4) is 0 Å². The first-order chi connectivity index (χ1) is 14.0. The molecule has 0 unspecified atom stereocenters. The van der Waals surface area contributed by atoms with E-state index in [1.54, 1.807) is 18.2 Å². The molecule has 0 aliphatic heterocycles. The van der Waals surface area contributed by atoms with Gasteiger partial charge in [0.05, 0.1) is 29.0 Å². The van der Waals surface area contributed by atoms with E-state index in [9.17, 15) is 14.0 Å². The van der Waals surface area contributed by atoms with Crippen LogP contribution in [0.4, 0.5) is 4.39 Å². The standard InChI is InChI=1S/C22H15Cl2FN2O2/c23-16-10-17(24)20-19(11-16)26(12-14-6-2-1-3-7-14)22(29)27(21(20)28)13-15-8-4-5-9-18(15)25/h1-11H,12-13H2. The third kappa shape index (κ3) is 3.71. The summed E-state index contributed by atoms with van der Waals surface area (Å²) in [6.45, 7) is 0.0123. The number of aromatic nitrogens is 2. The van der Waals surface area contributed by atoms with Crippen LogP contribution in [-0.2, 0) is 13.1 Å². The molecule has 0 spiro atoms. The number of benzene rings is 3. The molecule has 0 radical (unpaired) electrons. The monoisotopic (exact) mass is 428 g/mol. The maximum absolute atomic E-state index is 14.2. The van der Waals surface area contributed by atoms with Gasteiger partial charge in [0.1, 0.15) is 5.82 Å². The summed E-state index contributed by atoms with van der Waals surface area (Å²) in [5, 5.41) is 0.625. The van der Waals surface area contributed by atoms with Gasteiger partial charge in [0.15, 0.2) is 0 Å². The topological polar surface area (TPSA) is 44.0 Å². The smallest absolute Gasteiger partial charge is 0.289 e. The Bertz CT molecular complexity index is 1330. The quantitative estimate of drug-likeness (QED) is 0.472. The molecule has 0 amide bonds. The molecule has 0 bridgehead atoms. The van der Waals surface area contributed by atoms with Crippen LogP contribution in [0.3, 0.4) is 0 Å². The Morgan fingerprint density at radius 3 is 2.24 bits per heavy atom. The molecule has 4 rings (SSSR count). The Morgan fingerprint density at radius 1 is 0.828 bits per heavy atom. The van der Waals surface area contributed by atoms with Crippen LogP contribution in [0.15, 0.2) is 76.3 Å². The van der Waals surface area contributed by atoms with E-state index in [-0.39, 0.29) is 29.1 Å². The lowest BCUT2D eigenvalue weighted by atomic mass is 10.2. The third-order valence-electron chi connectivity index (χ3n) is 4.72. The predicted octanol–water partition coefficient (Wildman–Crippen LogP) is 4.71. The Kier molecular flexibility index (Phi) is 5.26. The average molecular weight is 429 g/mol. The lowest BCUT2D eigenvalue weighted by molar-refractivity contribution is 0.578. The molecule has 4 nitrogen and oxygen atoms in total. The molecule has 1 aromatic heterocycles. The third-order valence-corrected chi connectivity index (χ3v) is 5.23. The molecule has 0 atom stereocenters. The molecule has 0 aliphatic rings. The van der Waals surface area contributed by atoms with Crippen molar-refractivity contribution in [2.24, 2.45) is 0 Å². The summed E-state index contributed by atoms with van der Waals surface area (Å²) in [7, 11) is 0. The first kappa shape index (κ1) is 19.4. The minimum absolute atomic E-state index is 0.140. The van der Waals surface area contributed by atoms with Crippen molar-refractivity contribution in [2.75, 3.05) is 0 Å². The highest BCUT2D eigenvalue weighted by molar-refractivity contribution is 6.38. The fourth-order valence-corrected chi connectivity index (χ4v) is 3.87. The minimum Gasteiger partial charge on any atom is -0.289 e. The summed E-state index contributed by atoms with van der Waals surface area (Å²) in [5.74, 6) is -0.490. The van der Waals surface area contributed by atoms with Crippen LogP contribution >= 0.6 is 23.2 Å². The van der Waals surface area contributed by atoms with Gasteiger partial charge in [0.2, 0.25) is 0 Å². The number of halogens is 3. The highest BCUT2D eigenvalue weighted by atomic mass is 35.5. The van der Waals surface area contributed by atoms with Gasteiger partial charge in [-0.3, -0.25) is 13.9 Å². The molecular weight excluding hydrogens is 414 g/mol. The maximum atomic E-state index is 14.2. The van der Waals surface area contributed by atoms with Crippen molar-refractivity contribution in [2.45, 2.75) is 13.1 Å². The summed E-state index contributed by atoms with van der Waals surface area (Å²) < 4.78 is 16.6. The Morgan fingerprint density at radius 2 is 1.52 bits per heavy atom. The van der Waals surface area contributed by atoms with Crippen LogP contribution in [0.1, 0.15) is 11.1 Å². The lowest BCUT2D eigenvalue weighted by Gasteiger charge is -2.15. The van der Waals surface area contributed by atoms with Gasteiger partial charge >= 0.3 is 5.69 Å². The fraction of sp³-hybridized carbons (Fsp3) is 0.0909. The molecule has 146 valence electrons. The zero-order chi connectivity index (χ0) is 20.5. The first-order valence-electron chi connectivity index (χ1n) is 8.85.